The van der Waals surface area contributed by atoms with E-state index in [1.165, 1.54) is 0 Å². The van der Waals surface area contributed by atoms with Crippen molar-refractivity contribution in [3.63, 3.8) is 0 Å². The highest BCUT2D eigenvalue weighted by Crippen LogP contribution is 2.32. The van der Waals surface area contributed by atoms with Gasteiger partial charge < -0.3 is 10.1 Å². The molecule has 1 aliphatic rings. The summed E-state index contributed by atoms with van der Waals surface area (Å²) in [5.41, 5.74) is 1.99. The molecule has 0 radical (unpaired) electrons. The number of ether oxygens (including phenoxy) is 1. The number of carbonyl (C=O) groups is 2. The highest BCUT2D eigenvalue weighted by molar-refractivity contribution is 5.95. The number of nitrogens with one attached hydrogen (secondary N) is 1. The van der Waals surface area contributed by atoms with Crippen LogP contribution in [0.5, 0.6) is 0 Å². The average molecular weight is 338 g/mol. The molecule has 1 atom stereocenters. The first kappa shape index (κ1) is 17.0. The lowest BCUT2D eigenvalue weighted by molar-refractivity contribution is -0.139. The first-order valence-corrected chi connectivity index (χ1v) is 8.51. The number of nitrogens with zero attached hydrogens (tertiary/aromatic N) is 1. The summed E-state index contributed by atoms with van der Waals surface area (Å²) in [5, 5.41) is 5.12. The maximum Gasteiger partial charge on any atom is 0.338 e. The Labute approximate surface area is 147 Å². The normalized spacial score (nSPS) is 17.6. The van der Waals surface area contributed by atoms with Crippen LogP contribution in [0.2, 0.25) is 0 Å². The molecule has 0 fully saturated rings. The smallest absolute Gasteiger partial charge is 0.338 e. The quantitative estimate of drug-likeness (QED) is 0.864. The molecule has 2 aromatic carbocycles. The number of carbonyl (C=O) groups excluding carboxylic acids is 2. The Morgan fingerprint density at radius 3 is 2.56 bits per heavy atom. The van der Waals surface area contributed by atoms with Crippen LogP contribution in [0, 0.1) is 0 Å². The lowest BCUT2D eigenvalue weighted by Crippen LogP contribution is -2.47. The van der Waals surface area contributed by atoms with Crippen LogP contribution in [0.3, 0.4) is 0 Å². The fourth-order valence-electron chi connectivity index (χ4n) is 3.27. The van der Waals surface area contributed by atoms with Crippen molar-refractivity contribution in [2.45, 2.75) is 26.8 Å². The summed E-state index contributed by atoms with van der Waals surface area (Å²) >= 11 is 0. The fraction of sp³-hybridized carbons (Fsp3) is 0.300. The van der Waals surface area contributed by atoms with Gasteiger partial charge in [0.25, 0.3) is 0 Å². The summed E-state index contributed by atoms with van der Waals surface area (Å²) in [4.78, 5) is 26.6. The molecule has 0 unspecified atom stereocenters. The molecule has 25 heavy (non-hydrogen) atoms. The van der Waals surface area contributed by atoms with Gasteiger partial charge in [-0.05, 0) is 43.2 Å². The minimum absolute atomic E-state index is 0.203. The first-order chi connectivity index (χ1) is 12.1. The van der Waals surface area contributed by atoms with Gasteiger partial charge in [-0.2, -0.15) is 0 Å². The Hall–Kier alpha value is -2.82. The topological polar surface area (TPSA) is 58.6 Å². The summed E-state index contributed by atoms with van der Waals surface area (Å²) in [5.74, 6) is -0.392. The van der Waals surface area contributed by atoms with Gasteiger partial charge in [0.05, 0.1) is 18.2 Å². The Balaban J connectivity index is 2.11. The van der Waals surface area contributed by atoms with Gasteiger partial charge in [-0.25, -0.2) is 9.59 Å². The van der Waals surface area contributed by atoms with Gasteiger partial charge in [0, 0.05) is 12.2 Å². The molecule has 0 bridgehead atoms. The van der Waals surface area contributed by atoms with Gasteiger partial charge in [-0.1, -0.05) is 36.4 Å². The Kier molecular flexibility index (Phi) is 4.74. The zero-order valence-corrected chi connectivity index (χ0v) is 14.7. The van der Waals surface area contributed by atoms with Gasteiger partial charge in [0.1, 0.15) is 0 Å². The Morgan fingerprint density at radius 1 is 1.16 bits per heavy atom. The molecule has 1 aliphatic heterocycles. The minimum atomic E-state index is -0.515. The number of hydrogen-bond donors (Lipinski definition) is 1. The highest BCUT2D eigenvalue weighted by Gasteiger charge is 2.35. The fourth-order valence-corrected chi connectivity index (χ4v) is 3.27. The SMILES string of the molecule is CCOC(=O)C1=C(C)N(CC)C(=O)N[C@@H]1c1ccc2ccccc2c1. The van der Waals surface area contributed by atoms with Crippen molar-refractivity contribution < 1.29 is 14.3 Å². The zero-order chi connectivity index (χ0) is 18.0. The molecule has 3 rings (SSSR count). The number of amides is 2. The second kappa shape index (κ2) is 6.97. The van der Waals surface area contributed by atoms with E-state index in [2.05, 4.69) is 5.32 Å². The molecule has 5 heteroatoms. The van der Waals surface area contributed by atoms with E-state index in [4.69, 9.17) is 4.74 Å². The second-order valence-electron chi connectivity index (χ2n) is 5.95. The molecule has 130 valence electrons. The van der Waals surface area contributed by atoms with E-state index < -0.39 is 12.0 Å². The monoisotopic (exact) mass is 338 g/mol. The average Bonchev–Trinajstić information content (AvgIpc) is 2.61. The van der Waals surface area contributed by atoms with Crippen LogP contribution in [0.15, 0.2) is 53.7 Å². The van der Waals surface area contributed by atoms with Gasteiger partial charge in [-0.3, -0.25) is 4.90 Å². The predicted octanol–water partition coefficient (Wildman–Crippen LogP) is 3.76. The van der Waals surface area contributed by atoms with Gasteiger partial charge in [0.2, 0.25) is 0 Å². The first-order valence-electron chi connectivity index (χ1n) is 8.51. The Bertz CT molecular complexity index is 857. The second-order valence-corrected chi connectivity index (χ2v) is 5.95. The highest BCUT2D eigenvalue weighted by atomic mass is 16.5. The van der Waals surface area contributed by atoms with E-state index in [9.17, 15) is 9.59 Å². The van der Waals surface area contributed by atoms with E-state index >= 15 is 0 Å². The van der Waals surface area contributed by atoms with Crippen LogP contribution >= 0.6 is 0 Å². The maximum absolute atomic E-state index is 12.6. The van der Waals surface area contributed by atoms with Crippen molar-refractivity contribution in [3.8, 4) is 0 Å². The van der Waals surface area contributed by atoms with Crippen LogP contribution < -0.4 is 5.32 Å². The number of allylic oxidation sites excluding steroid dienone is 1. The molecule has 0 aromatic heterocycles. The van der Waals surface area contributed by atoms with Gasteiger partial charge in [-0.15, -0.1) is 0 Å². The molecule has 0 saturated carbocycles. The lowest BCUT2D eigenvalue weighted by atomic mass is 9.93. The van der Waals surface area contributed by atoms with Crippen molar-refractivity contribution in [1.82, 2.24) is 10.2 Å². The number of hydrogen-bond acceptors (Lipinski definition) is 3. The predicted molar refractivity (Wildman–Crippen MR) is 96.9 cm³/mol. The largest absolute Gasteiger partial charge is 0.463 e. The van der Waals surface area contributed by atoms with Crippen molar-refractivity contribution >= 4 is 22.8 Å². The van der Waals surface area contributed by atoms with E-state index in [0.29, 0.717) is 24.4 Å². The van der Waals surface area contributed by atoms with Crippen LogP contribution in [0.4, 0.5) is 4.79 Å². The zero-order valence-electron chi connectivity index (χ0n) is 14.7. The summed E-state index contributed by atoms with van der Waals surface area (Å²) in [6.07, 6.45) is 0. The van der Waals surface area contributed by atoms with Gasteiger partial charge >= 0.3 is 12.0 Å². The third-order valence-corrected chi connectivity index (χ3v) is 4.51. The Morgan fingerprint density at radius 2 is 1.88 bits per heavy atom. The molecule has 5 nitrogen and oxygen atoms in total. The minimum Gasteiger partial charge on any atom is -0.463 e. The summed E-state index contributed by atoms with van der Waals surface area (Å²) in [6, 6.07) is 13.2. The van der Waals surface area contributed by atoms with E-state index in [0.717, 1.165) is 16.3 Å². The summed E-state index contributed by atoms with van der Waals surface area (Å²) in [7, 11) is 0. The van der Waals surface area contributed by atoms with Crippen molar-refractivity contribution in [2.24, 2.45) is 0 Å². The number of esters is 1. The van der Waals surface area contributed by atoms with Crippen LogP contribution in [-0.2, 0) is 9.53 Å². The number of benzene rings is 2. The molecule has 1 heterocycles. The summed E-state index contributed by atoms with van der Waals surface area (Å²) < 4.78 is 5.24. The summed E-state index contributed by atoms with van der Waals surface area (Å²) in [6.45, 7) is 6.23. The molecule has 1 N–H and O–H groups in total. The third-order valence-electron chi connectivity index (χ3n) is 4.51. The van der Waals surface area contributed by atoms with E-state index in [-0.39, 0.29) is 6.03 Å². The number of urea groups is 1. The van der Waals surface area contributed by atoms with Crippen LogP contribution in [-0.4, -0.2) is 30.1 Å². The molecule has 0 spiro atoms. The van der Waals surface area contributed by atoms with Crippen molar-refractivity contribution in [2.75, 3.05) is 13.2 Å². The number of rotatable bonds is 4. The van der Waals surface area contributed by atoms with Crippen molar-refractivity contribution in [3.05, 3.63) is 59.3 Å². The molecule has 0 saturated heterocycles. The standard InChI is InChI=1S/C20H22N2O3/c1-4-22-13(3)17(19(23)25-5-2)18(21-20(22)24)16-11-10-14-8-6-7-9-15(14)12-16/h6-12,18H,4-5H2,1-3H3,(H,21,24)/t18-/m1/s1. The van der Waals surface area contributed by atoms with E-state index in [1.54, 1.807) is 18.7 Å². The maximum atomic E-state index is 12.6. The number of fused-ring (bicyclic) bond motifs is 1. The third kappa shape index (κ3) is 3.09. The lowest BCUT2D eigenvalue weighted by Gasteiger charge is -2.34. The molecule has 0 aliphatic carbocycles. The molecular formula is C20H22N2O3. The van der Waals surface area contributed by atoms with Gasteiger partial charge in [0.15, 0.2) is 0 Å². The molecule has 2 aromatic rings. The van der Waals surface area contributed by atoms with Crippen LogP contribution in [0.25, 0.3) is 10.8 Å². The molecule has 2 amide bonds. The van der Waals surface area contributed by atoms with Crippen LogP contribution in [0.1, 0.15) is 32.4 Å². The molecular weight excluding hydrogens is 316 g/mol. The van der Waals surface area contributed by atoms with Crippen molar-refractivity contribution in [1.29, 1.82) is 0 Å². The van der Waals surface area contributed by atoms with E-state index in [1.807, 2.05) is 49.4 Å².